The molecule has 0 amide bonds. The zero-order valence-corrected chi connectivity index (χ0v) is 14.5. The van der Waals surface area contributed by atoms with Crippen LogP contribution in [0.2, 0.25) is 0 Å². The lowest BCUT2D eigenvalue weighted by atomic mass is 10.2. The van der Waals surface area contributed by atoms with E-state index in [4.69, 9.17) is 4.74 Å². The third-order valence-corrected chi connectivity index (χ3v) is 4.04. The van der Waals surface area contributed by atoms with Gasteiger partial charge in [0.15, 0.2) is 11.2 Å². The average molecular weight is 373 g/mol. The quantitative estimate of drug-likeness (QED) is 0.352. The molecule has 27 heavy (non-hydrogen) atoms. The second kappa shape index (κ2) is 6.86. The van der Waals surface area contributed by atoms with E-state index in [1.165, 1.54) is 47.8 Å². The monoisotopic (exact) mass is 373 g/mol. The highest BCUT2D eigenvalue weighted by molar-refractivity contribution is 5.75. The number of nitrogens with zero attached hydrogens (tertiary/aromatic N) is 5. The summed E-state index contributed by atoms with van der Waals surface area (Å²) in [6.07, 6.45) is 1.28. The van der Waals surface area contributed by atoms with Crippen LogP contribution in [-0.4, -0.2) is 29.6 Å². The van der Waals surface area contributed by atoms with Gasteiger partial charge in [0.1, 0.15) is 13.2 Å². The molecule has 0 radical (unpaired) electrons. The van der Waals surface area contributed by atoms with Crippen molar-refractivity contribution in [2.24, 2.45) is 14.1 Å². The van der Waals surface area contributed by atoms with Crippen LogP contribution in [0.5, 0.6) is 0 Å². The third-order valence-electron chi connectivity index (χ3n) is 4.04. The van der Waals surface area contributed by atoms with Crippen LogP contribution in [0.3, 0.4) is 0 Å². The van der Waals surface area contributed by atoms with E-state index in [0.717, 1.165) is 4.57 Å². The average Bonchev–Trinajstić information content (AvgIpc) is 3.06. The number of hydrogen-bond donors (Lipinski definition) is 0. The van der Waals surface area contributed by atoms with Crippen LogP contribution >= 0.6 is 0 Å². The Labute approximate surface area is 151 Å². The van der Waals surface area contributed by atoms with E-state index in [0.29, 0.717) is 5.56 Å². The molecule has 0 aliphatic rings. The van der Waals surface area contributed by atoms with Gasteiger partial charge < -0.3 is 9.30 Å². The number of imidazole rings is 1. The van der Waals surface area contributed by atoms with Crippen molar-refractivity contribution in [3.8, 4) is 0 Å². The van der Waals surface area contributed by atoms with Crippen LogP contribution in [-0.2, 0) is 36.8 Å². The molecule has 0 aliphatic carbocycles. The Morgan fingerprint density at radius 1 is 1.26 bits per heavy atom. The highest BCUT2D eigenvalue weighted by atomic mass is 16.6. The maximum atomic E-state index is 12.3. The molecule has 0 unspecified atom stereocenters. The maximum absolute atomic E-state index is 12.3. The minimum Gasteiger partial charge on any atom is -0.459 e. The van der Waals surface area contributed by atoms with Gasteiger partial charge in [-0.1, -0.05) is 12.1 Å². The number of non-ortho nitro benzene ring substituents is 1. The van der Waals surface area contributed by atoms with Crippen molar-refractivity contribution in [1.82, 2.24) is 18.7 Å². The molecule has 11 heteroatoms. The van der Waals surface area contributed by atoms with Crippen molar-refractivity contribution in [2.45, 2.75) is 13.2 Å². The minimum absolute atomic E-state index is 0.103. The highest BCUT2D eigenvalue weighted by Crippen LogP contribution is 2.14. The van der Waals surface area contributed by atoms with Crippen LogP contribution in [0.25, 0.3) is 11.2 Å². The number of nitro benzene ring substituents is 1. The molecule has 2 heterocycles. The molecule has 3 aromatic rings. The van der Waals surface area contributed by atoms with E-state index >= 15 is 0 Å². The molecule has 2 aromatic heterocycles. The molecule has 0 saturated heterocycles. The molecule has 0 atom stereocenters. The molecule has 0 N–H and O–H groups in total. The Balaban J connectivity index is 1.79. The number of carbonyl (C=O) groups is 1. The molecular formula is C16H15N5O6. The summed E-state index contributed by atoms with van der Waals surface area (Å²) >= 11 is 0. The second-order valence-electron chi connectivity index (χ2n) is 5.84. The first-order valence-electron chi connectivity index (χ1n) is 7.79. The van der Waals surface area contributed by atoms with Crippen molar-refractivity contribution in [1.29, 1.82) is 0 Å². The lowest BCUT2D eigenvalue weighted by Crippen LogP contribution is -2.37. The zero-order chi connectivity index (χ0) is 19.7. The molecule has 0 aliphatic heterocycles. The normalized spacial score (nSPS) is 10.9. The molecule has 140 valence electrons. The fourth-order valence-corrected chi connectivity index (χ4v) is 2.63. The van der Waals surface area contributed by atoms with Crippen molar-refractivity contribution >= 4 is 22.8 Å². The van der Waals surface area contributed by atoms with Crippen molar-refractivity contribution < 1.29 is 14.5 Å². The molecule has 11 nitrogen and oxygen atoms in total. The van der Waals surface area contributed by atoms with Gasteiger partial charge in [0.2, 0.25) is 0 Å². The Kier molecular flexibility index (Phi) is 4.59. The number of benzene rings is 1. The molecule has 3 rings (SSSR count). The number of carbonyl (C=O) groups excluding carboxylic acids is 1. The highest BCUT2D eigenvalue weighted by Gasteiger charge is 2.16. The van der Waals surface area contributed by atoms with Crippen LogP contribution in [0.4, 0.5) is 5.69 Å². The first-order valence-corrected chi connectivity index (χ1v) is 7.79. The van der Waals surface area contributed by atoms with E-state index in [-0.39, 0.29) is 30.0 Å². The Bertz CT molecular complexity index is 1170. The number of nitro groups is 1. The van der Waals surface area contributed by atoms with Crippen molar-refractivity contribution in [3.05, 3.63) is 67.1 Å². The van der Waals surface area contributed by atoms with Crippen LogP contribution in [0.15, 0.2) is 40.2 Å². The van der Waals surface area contributed by atoms with Crippen LogP contribution in [0, 0.1) is 10.1 Å². The smallest absolute Gasteiger partial charge is 0.332 e. The van der Waals surface area contributed by atoms with Gasteiger partial charge in [-0.2, -0.15) is 0 Å². The van der Waals surface area contributed by atoms with Gasteiger partial charge in [-0.15, -0.1) is 0 Å². The number of ether oxygens (including phenoxy) is 1. The van der Waals surface area contributed by atoms with Crippen molar-refractivity contribution in [3.63, 3.8) is 0 Å². The molecule has 1 aromatic carbocycles. The summed E-state index contributed by atoms with van der Waals surface area (Å²) in [6, 6.07) is 5.74. The summed E-state index contributed by atoms with van der Waals surface area (Å²) in [5.41, 5.74) is -0.468. The van der Waals surface area contributed by atoms with Gasteiger partial charge in [-0.3, -0.25) is 28.8 Å². The Morgan fingerprint density at radius 2 is 2.00 bits per heavy atom. The fraction of sp³-hybridized carbons (Fsp3) is 0.250. The third kappa shape index (κ3) is 3.34. The van der Waals surface area contributed by atoms with Gasteiger partial charge in [-0.05, 0) is 5.56 Å². The largest absolute Gasteiger partial charge is 0.459 e. The number of hydrogen-bond acceptors (Lipinski definition) is 7. The Hall–Kier alpha value is -3.76. The van der Waals surface area contributed by atoms with E-state index in [1.54, 1.807) is 6.07 Å². The first-order chi connectivity index (χ1) is 12.8. The first kappa shape index (κ1) is 18.0. The van der Waals surface area contributed by atoms with Gasteiger partial charge in [0, 0.05) is 26.2 Å². The fourth-order valence-electron chi connectivity index (χ4n) is 2.63. The van der Waals surface area contributed by atoms with E-state index in [1.807, 2.05) is 0 Å². The van der Waals surface area contributed by atoms with Gasteiger partial charge in [-0.25, -0.2) is 9.78 Å². The van der Waals surface area contributed by atoms with Gasteiger partial charge >= 0.3 is 11.7 Å². The lowest BCUT2D eigenvalue weighted by molar-refractivity contribution is -0.384. The number of esters is 1. The standard InChI is InChI=1S/C16H15N5O6/c1-18-14-13(15(23)19(2)16(18)24)20(9-17-14)7-12(22)27-8-10-4-3-5-11(6-10)21(25)26/h3-6,9H,7-8H2,1-2H3. The number of fused-ring (bicyclic) bond motifs is 1. The van der Waals surface area contributed by atoms with Crippen molar-refractivity contribution in [2.75, 3.05) is 0 Å². The summed E-state index contributed by atoms with van der Waals surface area (Å²) in [7, 11) is 2.81. The van der Waals surface area contributed by atoms with E-state index < -0.39 is 22.1 Å². The van der Waals surface area contributed by atoms with Gasteiger partial charge in [0.25, 0.3) is 11.2 Å². The predicted molar refractivity (Wildman–Crippen MR) is 93.1 cm³/mol. The predicted octanol–water partition coefficient (Wildman–Crippen LogP) is 0.0853. The molecular weight excluding hydrogens is 358 g/mol. The molecule has 0 fully saturated rings. The summed E-state index contributed by atoms with van der Waals surface area (Å²) in [4.78, 5) is 50.6. The molecule has 0 spiro atoms. The topological polar surface area (TPSA) is 131 Å². The second-order valence-corrected chi connectivity index (χ2v) is 5.84. The lowest BCUT2D eigenvalue weighted by Gasteiger charge is -2.07. The molecule has 0 saturated carbocycles. The number of aryl methyl sites for hydroxylation is 1. The summed E-state index contributed by atoms with van der Waals surface area (Å²) in [5.74, 6) is -0.656. The van der Waals surface area contributed by atoms with Crippen LogP contribution in [0.1, 0.15) is 5.56 Å². The summed E-state index contributed by atoms with van der Waals surface area (Å²) < 4.78 is 8.56. The van der Waals surface area contributed by atoms with E-state index in [2.05, 4.69) is 4.98 Å². The minimum atomic E-state index is -0.656. The zero-order valence-electron chi connectivity index (χ0n) is 14.5. The van der Waals surface area contributed by atoms with Gasteiger partial charge in [0.05, 0.1) is 11.3 Å². The Morgan fingerprint density at radius 3 is 2.70 bits per heavy atom. The molecule has 0 bridgehead atoms. The number of aromatic nitrogens is 4. The van der Waals surface area contributed by atoms with E-state index in [9.17, 15) is 24.5 Å². The summed E-state index contributed by atoms with van der Waals surface area (Å²) in [6.45, 7) is -0.442. The summed E-state index contributed by atoms with van der Waals surface area (Å²) in [5, 5.41) is 10.8. The number of rotatable bonds is 5. The SMILES string of the molecule is Cn1c(=O)c2c(ncn2CC(=O)OCc2cccc([N+](=O)[O-])c2)n(C)c1=O. The van der Waals surface area contributed by atoms with Crippen LogP contribution < -0.4 is 11.2 Å². The maximum Gasteiger partial charge on any atom is 0.332 e.